The largest absolute Gasteiger partial charge is 0.391 e. The van der Waals surface area contributed by atoms with E-state index in [0.29, 0.717) is 26.1 Å². The van der Waals surface area contributed by atoms with E-state index in [1.54, 1.807) is 0 Å². The fourth-order valence-corrected chi connectivity index (χ4v) is 3.12. The van der Waals surface area contributed by atoms with Crippen molar-refractivity contribution in [3.63, 3.8) is 0 Å². The third kappa shape index (κ3) is 3.77. The van der Waals surface area contributed by atoms with Gasteiger partial charge in [-0.2, -0.15) is 0 Å². The number of hydrogen-bond acceptors (Lipinski definition) is 6. The summed E-state index contributed by atoms with van der Waals surface area (Å²) in [6.45, 7) is 3.68. The van der Waals surface area contributed by atoms with E-state index in [1.807, 2.05) is 30.0 Å². The number of anilines is 2. The van der Waals surface area contributed by atoms with Crippen LogP contribution in [0.1, 0.15) is 17.5 Å². The monoisotopic (exact) mass is 347 g/mol. The molecule has 0 aliphatic carbocycles. The van der Waals surface area contributed by atoms with Gasteiger partial charge >= 0.3 is 0 Å². The Kier molecular flexibility index (Phi) is 5.18. The quantitative estimate of drug-likeness (QED) is 0.766. The van der Waals surface area contributed by atoms with E-state index in [2.05, 4.69) is 21.4 Å². The van der Waals surface area contributed by atoms with Crippen LogP contribution < -0.4 is 16.0 Å². The van der Waals surface area contributed by atoms with E-state index in [1.165, 1.54) is 6.33 Å². The standard InChI is InChI=1S/C17H22ClN5O/c1-11-4-12(2-3-15(11)18)8-20-16-6-17(22-10-21-16)23-9-14(24)5-13(23)7-19/h2-4,6,10,13-14,24H,5,7-9,19H2,1H3,(H,20,21,22)/t13-,14-/m1/s1. The predicted octanol–water partition coefficient (Wildman–Crippen LogP) is 1.95. The first-order valence-electron chi connectivity index (χ1n) is 8.02. The van der Waals surface area contributed by atoms with Crippen molar-refractivity contribution >= 4 is 23.2 Å². The molecule has 24 heavy (non-hydrogen) atoms. The summed E-state index contributed by atoms with van der Waals surface area (Å²) in [7, 11) is 0. The summed E-state index contributed by atoms with van der Waals surface area (Å²) in [6, 6.07) is 7.95. The minimum Gasteiger partial charge on any atom is -0.391 e. The normalized spacial score (nSPS) is 20.4. The zero-order valence-corrected chi connectivity index (χ0v) is 14.4. The third-order valence-electron chi connectivity index (χ3n) is 4.31. The summed E-state index contributed by atoms with van der Waals surface area (Å²) >= 11 is 6.05. The highest BCUT2D eigenvalue weighted by molar-refractivity contribution is 6.31. The topological polar surface area (TPSA) is 87.3 Å². The molecule has 6 nitrogen and oxygen atoms in total. The molecule has 0 unspecified atom stereocenters. The van der Waals surface area contributed by atoms with Crippen LogP contribution in [0, 0.1) is 6.92 Å². The highest BCUT2D eigenvalue weighted by Crippen LogP contribution is 2.25. The van der Waals surface area contributed by atoms with E-state index in [0.717, 1.165) is 27.8 Å². The van der Waals surface area contributed by atoms with Crippen LogP contribution in [0.5, 0.6) is 0 Å². The van der Waals surface area contributed by atoms with Gasteiger partial charge in [0.15, 0.2) is 0 Å². The van der Waals surface area contributed by atoms with E-state index in [-0.39, 0.29) is 12.1 Å². The van der Waals surface area contributed by atoms with Crippen LogP contribution >= 0.6 is 11.6 Å². The Morgan fingerprint density at radius 1 is 1.38 bits per heavy atom. The Morgan fingerprint density at radius 2 is 2.21 bits per heavy atom. The number of aliphatic hydroxyl groups is 1. The molecule has 2 aromatic rings. The maximum absolute atomic E-state index is 9.87. The van der Waals surface area contributed by atoms with Crippen LogP contribution in [0.15, 0.2) is 30.6 Å². The summed E-state index contributed by atoms with van der Waals surface area (Å²) in [5, 5.41) is 13.9. The second-order valence-corrected chi connectivity index (χ2v) is 6.54. The van der Waals surface area contributed by atoms with Gasteiger partial charge in [-0.1, -0.05) is 23.7 Å². The van der Waals surface area contributed by atoms with Crippen molar-refractivity contribution < 1.29 is 5.11 Å². The molecule has 0 saturated carbocycles. The average Bonchev–Trinajstić information content (AvgIpc) is 2.97. The number of nitrogens with one attached hydrogen (secondary N) is 1. The number of benzene rings is 1. The first-order valence-corrected chi connectivity index (χ1v) is 8.40. The smallest absolute Gasteiger partial charge is 0.134 e. The Hall–Kier alpha value is -1.89. The third-order valence-corrected chi connectivity index (χ3v) is 4.73. The van der Waals surface area contributed by atoms with Crippen LogP contribution in [-0.4, -0.2) is 40.3 Å². The molecule has 1 aliphatic rings. The van der Waals surface area contributed by atoms with Crippen LogP contribution in [-0.2, 0) is 6.54 Å². The van der Waals surface area contributed by atoms with Gasteiger partial charge in [-0.25, -0.2) is 9.97 Å². The zero-order chi connectivity index (χ0) is 17.1. The van der Waals surface area contributed by atoms with Gasteiger partial charge in [0.1, 0.15) is 18.0 Å². The van der Waals surface area contributed by atoms with E-state index >= 15 is 0 Å². The zero-order valence-electron chi connectivity index (χ0n) is 13.6. The van der Waals surface area contributed by atoms with E-state index < -0.39 is 0 Å². The fraction of sp³-hybridized carbons (Fsp3) is 0.412. The molecule has 2 atom stereocenters. The average molecular weight is 348 g/mol. The molecule has 0 bridgehead atoms. The predicted molar refractivity (Wildman–Crippen MR) is 96.4 cm³/mol. The molecule has 0 spiro atoms. The van der Waals surface area contributed by atoms with Crippen LogP contribution in [0.25, 0.3) is 0 Å². The highest BCUT2D eigenvalue weighted by atomic mass is 35.5. The molecule has 1 aromatic carbocycles. The molecule has 2 heterocycles. The Balaban J connectivity index is 1.70. The number of aryl methyl sites for hydroxylation is 1. The second-order valence-electron chi connectivity index (χ2n) is 6.13. The van der Waals surface area contributed by atoms with Crippen molar-refractivity contribution in [1.29, 1.82) is 0 Å². The summed E-state index contributed by atoms with van der Waals surface area (Å²) in [5.74, 6) is 1.52. The number of β-amino-alcohol motifs (C(OH)–C–C–N with tert-alkyl or cyclic N) is 1. The number of aromatic nitrogens is 2. The van der Waals surface area contributed by atoms with Crippen molar-refractivity contribution in [3.05, 3.63) is 46.7 Å². The number of nitrogens with two attached hydrogens (primary N) is 1. The highest BCUT2D eigenvalue weighted by Gasteiger charge is 2.30. The Bertz CT molecular complexity index is 711. The van der Waals surface area contributed by atoms with E-state index in [9.17, 15) is 5.11 Å². The summed E-state index contributed by atoms with van der Waals surface area (Å²) in [4.78, 5) is 10.6. The van der Waals surface area contributed by atoms with Gasteiger partial charge in [0.05, 0.1) is 6.10 Å². The lowest BCUT2D eigenvalue weighted by molar-refractivity contribution is 0.194. The molecule has 4 N–H and O–H groups in total. The fourth-order valence-electron chi connectivity index (χ4n) is 3.01. The number of aliphatic hydroxyl groups excluding tert-OH is 1. The number of halogens is 1. The number of nitrogens with zero attached hydrogens (tertiary/aromatic N) is 3. The van der Waals surface area contributed by atoms with Gasteiger partial charge < -0.3 is 21.1 Å². The number of rotatable bonds is 5. The van der Waals surface area contributed by atoms with E-state index in [4.69, 9.17) is 17.3 Å². The first-order chi connectivity index (χ1) is 11.6. The minimum absolute atomic E-state index is 0.113. The number of hydrogen-bond donors (Lipinski definition) is 3. The van der Waals surface area contributed by atoms with Crippen LogP contribution in [0.3, 0.4) is 0 Å². The van der Waals surface area contributed by atoms with Gasteiger partial charge in [0, 0.05) is 36.8 Å². The van der Waals surface area contributed by atoms with Crippen molar-refractivity contribution in [3.8, 4) is 0 Å². The van der Waals surface area contributed by atoms with Crippen molar-refractivity contribution in [2.45, 2.75) is 32.0 Å². The van der Waals surface area contributed by atoms with Crippen LogP contribution in [0.4, 0.5) is 11.6 Å². The molecule has 128 valence electrons. The molecule has 0 amide bonds. The van der Waals surface area contributed by atoms with Crippen molar-refractivity contribution in [2.24, 2.45) is 5.73 Å². The van der Waals surface area contributed by atoms with Gasteiger partial charge in [-0.05, 0) is 30.5 Å². The van der Waals surface area contributed by atoms with Crippen molar-refractivity contribution in [1.82, 2.24) is 9.97 Å². The SMILES string of the molecule is Cc1cc(CNc2cc(N3C[C@H](O)C[C@@H]3CN)ncn2)ccc1Cl. The lowest BCUT2D eigenvalue weighted by atomic mass is 10.1. The summed E-state index contributed by atoms with van der Waals surface area (Å²) in [6.07, 6.45) is 1.85. The molecule has 1 aliphatic heterocycles. The Labute approximate surface area is 146 Å². The molecule has 1 aromatic heterocycles. The molecule has 7 heteroatoms. The lowest BCUT2D eigenvalue weighted by Crippen LogP contribution is -2.36. The maximum Gasteiger partial charge on any atom is 0.134 e. The second kappa shape index (κ2) is 7.34. The van der Waals surface area contributed by atoms with Gasteiger partial charge in [0.25, 0.3) is 0 Å². The summed E-state index contributed by atoms with van der Waals surface area (Å²) < 4.78 is 0. The van der Waals surface area contributed by atoms with Gasteiger partial charge in [-0.3, -0.25) is 0 Å². The maximum atomic E-state index is 9.87. The molecule has 1 fully saturated rings. The molecular weight excluding hydrogens is 326 g/mol. The van der Waals surface area contributed by atoms with Gasteiger partial charge in [-0.15, -0.1) is 0 Å². The van der Waals surface area contributed by atoms with Crippen molar-refractivity contribution in [2.75, 3.05) is 23.3 Å². The summed E-state index contributed by atoms with van der Waals surface area (Å²) in [5.41, 5.74) is 7.99. The molecule has 0 radical (unpaired) electrons. The lowest BCUT2D eigenvalue weighted by Gasteiger charge is -2.24. The first kappa shape index (κ1) is 17.0. The molecular formula is C17H22ClN5O. The van der Waals surface area contributed by atoms with Crippen LogP contribution in [0.2, 0.25) is 5.02 Å². The minimum atomic E-state index is -0.359. The molecule has 1 saturated heterocycles. The van der Waals surface area contributed by atoms with Gasteiger partial charge in [0.2, 0.25) is 0 Å². The Morgan fingerprint density at radius 3 is 2.96 bits per heavy atom. The molecule has 3 rings (SSSR count).